The van der Waals surface area contributed by atoms with Gasteiger partial charge in [0.15, 0.2) is 0 Å². The number of carbonyl (C=O) groups excluding carboxylic acids is 2. The number of benzene rings is 2. The smallest absolute Gasteiger partial charge is 0.267 e. The van der Waals surface area contributed by atoms with E-state index in [4.69, 9.17) is 23.2 Å². The largest absolute Gasteiger partial charge is 0.271 e. The van der Waals surface area contributed by atoms with Crippen molar-refractivity contribution < 1.29 is 9.59 Å². The summed E-state index contributed by atoms with van der Waals surface area (Å²) in [6.07, 6.45) is 2.70. The van der Waals surface area contributed by atoms with Crippen molar-refractivity contribution in [1.82, 2.24) is 10.9 Å². The van der Waals surface area contributed by atoms with Crippen LogP contribution < -0.4 is 10.9 Å². The summed E-state index contributed by atoms with van der Waals surface area (Å²) in [6.45, 7) is 3.69. The number of rotatable bonds is 4. The Morgan fingerprint density at radius 3 is 1.43 bits per heavy atom. The second-order valence-corrected chi connectivity index (χ2v) is 7.98. The molecule has 0 spiro atoms. The molecule has 0 heterocycles. The molecule has 1 fully saturated rings. The van der Waals surface area contributed by atoms with Crippen LogP contribution in [0.1, 0.15) is 57.5 Å². The summed E-state index contributed by atoms with van der Waals surface area (Å²) in [6, 6.07) is 10.2. The number of nitrogens with one attached hydrogen (secondary N) is 2. The average Bonchev–Trinajstić information content (AvgIpc) is 2.74. The molecular weight excluding hydrogens is 423 g/mol. The Morgan fingerprint density at radius 2 is 1.10 bits per heavy atom. The molecule has 156 valence electrons. The fourth-order valence-electron chi connectivity index (χ4n) is 3.01. The standard InChI is InChI=1S/C22H22Cl2N4O2/c1-13-11-15(3-9-19(13)23)21(29)27-25-17-5-7-18(8-6-17)26-28-22(30)16-4-10-20(24)14(2)12-16/h3-4,9-12H,5-8H2,1-2H3,(H,27,29)(H,28,30). The minimum Gasteiger partial charge on any atom is -0.267 e. The van der Waals surface area contributed by atoms with Gasteiger partial charge in [-0.15, -0.1) is 0 Å². The van der Waals surface area contributed by atoms with E-state index in [0.29, 0.717) is 46.9 Å². The minimum atomic E-state index is -0.271. The van der Waals surface area contributed by atoms with Crippen LogP contribution in [0.3, 0.4) is 0 Å². The van der Waals surface area contributed by atoms with Crippen LogP contribution in [-0.4, -0.2) is 23.2 Å². The Labute approximate surface area is 185 Å². The topological polar surface area (TPSA) is 82.9 Å². The Balaban J connectivity index is 1.51. The molecule has 2 aromatic carbocycles. The van der Waals surface area contributed by atoms with E-state index in [1.54, 1.807) is 36.4 Å². The average molecular weight is 445 g/mol. The Hall–Kier alpha value is -2.70. The maximum atomic E-state index is 12.2. The molecule has 8 heteroatoms. The summed E-state index contributed by atoms with van der Waals surface area (Å²) < 4.78 is 0. The van der Waals surface area contributed by atoms with Crippen molar-refractivity contribution in [2.45, 2.75) is 39.5 Å². The molecule has 0 atom stereocenters. The first-order valence-electron chi connectivity index (χ1n) is 9.57. The number of nitrogens with zero attached hydrogens (tertiary/aromatic N) is 2. The highest BCUT2D eigenvalue weighted by Gasteiger charge is 2.15. The van der Waals surface area contributed by atoms with Gasteiger partial charge in [0, 0.05) is 32.6 Å². The number of carbonyl (C=O) groups is 2. The lowest BCUT2D eigenvalue weighted by Gasteiger charge is -2.15. The lowest BCUT2D eigenvalue weighted by Crippen LogP contribution is -2.24. The van der Waals surface area contributed by atoms with Gasteiger partial charge in [0.2, 0.25) is 0 Å². The van der Waals surface area contributed by atoms with E-state index >= 15 is 0 Å². The first kappa shape index (κ1) is 22.0. The predicted molar refractivity (Wildman–Crippen MR) is 121 cm³/mol. The molecule has 6 nitrogen and oxygen atoms in total. The van der Waals surface area contributed by atoms with Gasteiger partial charge in [-0.05, 0) is 87.1 Å². The van der Waals surface area contributed by atoms with Gasteiger partial charge in [0.05, 0.1) is 0 Å². The van der Waals surface area contributed by atoms with Gasteiger partial charge in [-0.25, -0.2) is 10.9 Å². The third-order valence-corrected chi connectivity index (χ3v) is 5.72. The fourth-order valence-corrected chi connectivity index (χ4v) is 3.25. The second-order valence-electron chi connectivity index (χ2n) is 7.17. The maximum Gasteiger partial charge on any atom is 0.271 e. The van der Waals surface area contributed by atoms with Gasteiger partial charge in [0.25, 0.3) is 11.8 Å². The molecule has 1 aliphatic carbocycles. The molecule has 0 aromatic heterocycles. The first-order valence-corrected chi connectivity index (χ1v) is 10.3. The minimum absolute atomic E-state index is 0.271. The molecule has 2 aromatic rings. The number of hydrazone groups is 2. The molecule has 30 heavy (non-hydrogen) atoms. The molecule has 3 rings (SSSR count). The van der Waals surface area contributed by atoms with Crippen molar-refractivity contribution >= 4 is 46.4 Å². The van der Waals surface area contributed by atoms with Gasteiger partial charge >= 0.3 is 0 Å². The number of halogens is 2. The summed E-state index contributed by atoms with van der Waals surface area (Å²) in [5, 5.41) is 9.71. The van der Waals surface area contributed by atoms with E-state index in [1.807, 2.05) is 13.8 Å². The van der Waals surface area contributed by atoms with Crippen molar-refractivity contribution in [3.05, 3.63) is 68.7 Å². The number of aryl methyl sites for hydroxylation is 2. The number of amides is 2. The van der Waals surface area contributed by atoms with Crippen molar-refractivity contribution in [3.63, 3.8) is 0 Å². The summed E-state index contributed by atoms with van der Waals surface area (Å²) in [5.74, 6) is -0.542. The predicted octanol–water partition coefficient (Wildman–Crippen LogP) is 5.06. The van der Waals surface area contributed by atoms with Gasteiger partial charge in [-0.1, -0.05) is 23.2 Å². The fraction of sp³-hybridized carbons (Fsp3) is 0.273. The van der Waals surface area contributed by atoms with Crippen LogP contribution in [0, 0.1) is 13.8 Å². The number of hydrogen-bond donors (Lipinski definition) is 2. The van der Waals surface area contributed by atoms with E-state index in [1.165, 1.54) is 0 Å². The third kappa shape index (κ3) is 5.68. The molecule has 2 N–H and O–H groups in total. The molecule has 0 radical (unpaired) electrons. The van der Waals surface area contributed by atoms with Gasteiger partial charge in [-0.2, -0.15) is 10.2 Å². The van der Waals surface area contributed by atoms with Gasteiger partial charge in [-0.3, -0.25) is 9.59 Å². The van der Waals surface area contributed by atoms with Crippen LogP contribution in [0.15, 0.2) is 46.6 Å². The Morgan fingerprint density at radius 1 is 0.733 bits per heavy atom. The SMILES string of the molecule is Cc1cc(C(=O)NN=C2CCC(=NNC(=O)c3ccc(Cl)c(C)c3)CC2)ccc1Cl. The monoisotopic (exact) mass is 444 g/mol. The summed E-state index contributed by atoms with van der Waals surface area (Å²) in [4.78, 5) is 24.5. The van der Waals surface area contributed by atoms with Crippen molar-refractivity contribution in [3.8, 4) is 0 Å². The van der Waals surface area contributed by atoms with Crippen molar-refractivity contribution in [2.24, 2.45) is 10.2 Å². The van der Waals surface area contributed by atoms with E-state index in [-0.39, 0.29) is 11.8 Å². The quantitative estimate of drug-likeness (QED) is 0.646. The first-order chi connectivity index (χ1) is 14.3. The molecule has 1 saturated carbocycles. The zero-order valence-corrected chi connectivity index (χ0v) is 18.3. The zero-order valence-electron chi connectivity index (χ0n) is 16.8. The second kappa shape index (κ2) is 9.87. The van der Waals surface area contributed by atoms with Gasteiger partial charge < -0.3 is 0 Å². The highest BCUT2D eigenvalue weighted by atomic mass is 35.5. The van der Waals surface area contributed by atoms with Crippen LogP contribution in [0.5, 0.6) is 0 Å². The van der Waals surface area contributed by atoms with Crippen LogP contribution in [-0.2, 0) is 0 Å². The van der Waals surface area contributed by atoms with Crippen LogP contribution in [0.2, 0.25) is 10.0 Å². The highest BCUT2D eigenvalue weighted by Crippen LogP contribution is 2.18. The Kier molecular flexibility index (Phi) is 7.24. The van der Waals surface area contributed by atoms with E-state index in [9.17, 15) is 9.59 Å². The molecule has 0 unspecified atom stereocenters. The molecular formula is C22H22Cl2N4O2. The van der Waals surface area contributed by atoms with Crippen molar-refractivity contribution in [2.75, 3.05) is 0 Å². The molecule has 0 bridgehead atoms. The lowest BCUT2D eigenvalue weighted by molar-refractivity contribution is 0.0946. The zero-order chi connectivity index (χ0) is 21.7. The highest BCUT2D eigenvalue weighted by molar-refractivity contribution is 6.31. The van der Waals surface area contributed by atoms with Crippen LogP contribution >= 0.6 is 23.2 Å². The van der Waals surface area contributed by atoms with Crippen LogP contribution in [0.25, 0.3) is 0 Å². The van der Waals surface area contributed by atoms with Crippen LogP contribution in [0.4, 0.5) is 0 Å². The van der Waals surface area contributed by atoms with Gasteiger partial charge in [0.1, 0.15) is 0 Å². The van der Waals surface area contributed by atoms with E-state index < -0.39 is 0 Å². The number of hydrogen-bond acceptors (Lipinski definition) is 4. The van der Waals surface area contributed by atoms with E-state index in [2.05, 4.69) is 21.1 Å². The molecule has 0 aliphatic heterocycles. The van der Waals surface area contributed by atoms with Crippen molar-refractivity contribution in [1.29, 1.82) is 0 Å². The maximum absolute atomic E-state index is 12.2. The summed E-state index contributed by atoms with van der Waals surface area (Å²) in [5.41, 5.74) is 9.69. The van der Waals surface area contributed by atoms with E-state index in [0.717, 1.165) is 22.6 Å². The summed E-state index contributed by atoms with van der Waals surface area (Å²) >= 11 is 12.0. The third-order valence-electron chi connectivity index (χ3n) is 4.88. The summed E-state index contributed by atoms with van der Waals surface area (Å²) in [7, 11) is 0. The molecule has 1 aliphatic rings. The lowest BCUT2D eigenvalue weighted by atomic mass is 9.97. The normalized spacial score (nSPS) is 13.6. The Bertz CT molecular complexity index is 952. The molecule has 0 saturated heterocycles. The molecule has 2 amide bonds.